The Balaban J connectivity index is 1.59. The van der Waals surface area contributed by atoms with Crippen molar-refractivity contribution >= 4 is 23.4 Å². The molecule has 0 bridgehead atoms. The van der Waals surface area contributed by atoms with Gasteiger partial charge in [-0.2, -0.15) is 0 Å². The Morgan fingerprint density at radius 1 is 1.12 bits per heavy atom. The molecule has 24 heavy (non-hydrogen) atoms. The van der Waals surface area contributed by atoms with Crippen molar-refractivity contribution in [3.63, 3.8) is 0 Å². The third-order valence-electron chi connectivity index (χ3n) is 3.76. The Labute approximate surface area is 146 Å². The monoisotopic (exact) mass is 343 g/mol. The number of anilines is 1. The summed E-state index contributed by atoms with van der Waals surface area (Å²) in [5, 5.41) is 2.99. The lowest BCUT2D eigenvalue weighted by Crippen LogP contribution is -2.15. The van der Waals surface area contributed by atoms with Gasteiger partial charge >= 0.3 is 0 Å². The van der Waals surface area contributed by atoms with Crippen LogP contribution >= 0.6 is 11.8 Å². The van der Waals surface area contributed by atoms with Crippen LogP contribution in [-0.2, 0) is 11.2 Å². The number of carbonyl (C=O) groups excluding carboxylic acids is 1. The van der Waals surface area contributed by atoms with Crippen molar-refractivity contribution in [2.24, 2.45) is 0 Å². The lowest BCUT2D eigenvalue weighted by molar-refractivity contribution is -0.113. The number of hydrogen-bond acceptors (Lipinski definition) is 4. The van der Waals surface area contributed by atoms with E-state index in [0.29, 0.717) is 19.0 Å². The molecule has 2 aromatic rings. The lowest BCUT2D eigenvalue weighted by atomic mass is 10.1. The maximum Gasteiger partial charge on any atom is 0.234 e. The first-order chi connectivity index (χ1) is 11.8. The van der Waals surface area contributed by atoms with Gasteiger partial charge in [0.15, 0.2) is 11.5 Å². The van der Waals surface area contributed by atoms with Crippen LogP contribution in [0.3, 0.4) is 0 Å². The molecule has 0 aromatic heterocycles. The summed E-state index contributed by atoms with van der Waals surface area (Å²) in [6.07, 6.45) is 1.78. The molecule has 0 aliphatic carbocycles. The zero-order valence-corrected chi connectivity index (χ0v) is 14.5. The van der Waals surface area contributed by atoms with Gasteiger partial charge in [-0.3, -0.25) is 4.79 Å². The molecule has 0 atom stereocenters. The van der Waals surface area contributed by atoms with Gasteiger partial charge in [0.2, 0.25) is 5.91 Å². The zero-order valence-electron chi connectivity index (χ0n) is 13.7. The summed E-state index contributed by atoms with van der Waals surface area (Å²) in [5.41, 5.74) is 2.04. The van der Waals surface area contributed by atoms with Crippen LogP contribution in [-0.4, -0.2) is 24.9 Å². The third-order valence-corrected chi connectivity index (χ3v) is 4.76. The molecule has 0 saturated carbocycles. The first-order valence-corrected chi connectivity index (χ1v) is 9.15. The summed E-state index contributed by atoms with van der Waals surface area (Å²) < 4.78 is 11.3. The Morgan fingerprint density at radius 2 is 1.92 bits per heavy atom. The number of rotatable bonds is 5. The topological polar surface area (TPSA) is 47.6 Å². The highest BCUT2D eigenvalue weighted by atomic mass is 32.2. The predicted molar refractivity (Wildman–Crippen MR) is 97.2 cm³/mol. The molecule has 4 nitrogen and oxygen atoms in total. The van der Waals surface area contributed by atoms with Crippen molar-refractivity contribution < 1.29 is 14.3 Å². The molecule has 1 heterocycles. The van der Waals surface area contributed by atoms with E-state index in [1.165, 1.54) is 11.8 Å². The van der Waals surface area contributed by atoms with E-state index in [1.807, 2.05) is 42.5 Å². The first kappa shape index (κ1) is 16.7. The average Bonchev–Trinajstić information content (AvgIpc) is 2.85. The smallest absolute Gasteiger partial charge is 0.234 e. The van der Waals surface area contributed by atoms with Gasteiger partial charge < -0.3 is 14.8 Å². The van der Waals surface area contributed by atoms with Crippen LogP contribution in [0.5, 0.6) is 11.5 Å². The molecular formula is C19H21NO3S. The Bertz CT molecular complexity index is 718. The van der Waals surface area contributed by atoms with E-state index >= 15 is 0 Å². The summed E-state index contributed by atoms with van der Waals surface area (Å²) in [4.78, 5) is 13.2. The van der Waals surface area contributed by atoms with Gasteiger partial charge in [0.1, 0.15) is 0 Å². The molecular weight excluding hydrogens is 322 g/mol. The Hall–Kier alpha value is -2.14. The van der Waals surface area contributed by atoms with Crippen LogP contribution < -0.4 is 14.8 Å². The fourth-order valence-corrected chi connectivity index (χ4v) is 3.24. The summed E-state index contributed by atoms with van der Waals surface area (Å²) in [5.74, 6) is 1.89. The van der Waals surface area contributed by atoms with E-state index in [9.17, 15) is 4.79 Å². The van der Waals surface area contributed by atoms with Gasteiger partial charge in [-0.05, 0) is 36.2 Å². The molecule has 0 unspecified atom stereocenters. The maximum absolute atomic E-state index is 12.2. The second-order valence-corrected chi connectivity index (χ2v) is 6.56. The molecule has 2 aromatic carbocycles. The number of amides is 1. The molecule has 0 radical (unpaired) electrons. The summed E-state index contributed by atoms with van der Waals surface area (Å²) in [7, 11) is 0. The number of ether oxygens (including phenoxy) is 2. The fourth-order valence-electron chi connectivity index (χ4n) is 2.52. The fraction of sp³-hybridized carbons (Fsp3) is 0.316. The number of carbonyl (C=O) groups is 1. The normalized spacial score (nSPS) is 13.2. The quantitative estimate of drug-likeness (QED) is 0.829. The standard InChI is InChI=1S/C19H21NO3S/c1-2-14-6-3-4-7-16(14)20-19(21)13-24-15-8-9-17-18(12-15)23-11-5-10-22-17/h3-4,6-9,12H,2,5,10-11,13H2,1H3,(H,20,21). The summed E-state index contributed by atoms with van der Waals surface area (Å²) in [6, 6.07) is 13.7. The molecule has 0 saturated heterocycles. The van der Waals surface area contributed by atoms with Gasteiger partial charge in [0.05, 0.1) is 19.0 Å². The van der Waals surface area contributed by atoms with Crippen molar-refractivity contribution in [3.8, 4) is 11.5 Å². The largest absolute Gasteiger partial charge is 0.490 e. The average molecular weight is 343 g/mol. The van der Waals surface area contributed by atoms with E-state index in [2.05, 4.69) is 12.2 Å². The molecule has 0 spiro atoms. The van der Waals surface area contributed by atoms with Crippen molar-refractivity contribution in [2.75, 3.05) is 24.3 Å². The minimum atomic E-state index is -0.00647. The Kier molecular flexibility index (Phi) is 5.64. The molecule has 1 aliphatic rings. The highest BCUT2D eigenvalue weighted by molar-refractivity contribution is 8.00. The lowest BCUT2D eigenvalue weighted by Gasteiger charge is -2.11. The predicted octanol–water partition coefficient (Wildman–Crippen LogP) is 4.14. The molecule has 1 N–H and O–H groups in total. The van der Waals surface area contributed by atoms with E-state index in [0.717, 1.165) is 40.5 Å². The molecule has 1 amide bonds. The van der Waals surface area contributed by atoms with E-state index in [1.54, 1.807) is 0 Å². The summed E-state index contributed by atoms with van der Waals surface area (Å²) >= 11 is 1.49. The second-order valence-electron chi connectivity index (χ2n) is 5.51. The highest BCUT2D eigenvalue weighted by Crippen LogP contribution is 2.33. The maximum atomic E-state index is 12.2. The number of benzene rings is 2. The highest BCUT2D eigenvalue weighted by Gasteiger charge is 2.12. The van der Waals surface area contributed by atoms with Gasteiger partial charge in [0, 0.05) is 17.0 Å². The second kappa shape index (κ2) is 8.11. The molecule has 3 rings (SSSR count). The van der Waals surface area contributed by atoms with Crippen molar-refractivity contribution in [1.29, 1.82) is 0 Å². The number of aryl methyl sites for hydroxylation is 1. The first-order valence-electron chi connectivity index (χ1n) is 8.16. The van der Waals surface area contributed by atoms with Crippen LogP contribution in [0.1, 0.15) is 18.9 Å². The van der Waals surface area contributed by atoms with Gasteiger partial charge in [-0.1, -0.05) is 25.1 Å². The van der Waals surface area contributed by atoms with Crippen LogP contribution in [0.2, 0.25) is 0 Å². The number of hydrogen-bond donors (Lipinski definition) is 1. The summed E-state index contributed by atoms with van der Waals surface area (Å²) in [6.45, 7) is 3.42. The van der Waals surface area contributed by atoms with Crippen LogP contribution in [0.15, 0.2) is 47.4 Å². The SMILES string of the molecule is CCc1ccccc1NC(=O)CSc1ccc2c(c1)OCCCO2. The molecule has 126 valence electrons. The minimum absolute atomic E-state index is 0.00647. The Morgan fingerprint density at radius 3 is 2.75 bits per heavy atom. The van der Waals surface area contributed by atoms with Crippen LogP contribution in [0.4, 0.5) is 5.69 Å². The number of fused-ring (bicyclic) bond motifs is 1. The molecule has 5 heteroatoms. The van der Waals surface area contributed by atoms with Crippen molar-refractivity contribution in [2.45, 2.75) is 24.7 Å². The van der Waals surface area contributed by atoms with Crippen LogP contribution in [0.25, 0.3) is 0 Å². The molecule has 0 fully saturated rings. The van der Waals surface area contributed by atoms with E-state index < -0.39 is 0 Å². The zero-order chi connectivity index (χ0) is 16.8. The molecule has 1 aliphatic heterocycles. The van der Waals surface area contributed by atoms with Gasteiger partial charge in [0.25, 0.3) is 0 Å². The number of para-hydroxylation sites is 1. The van der Waals surface area contributed by atoms with Crippen LogP contribution in [0, 0.1) is 0 Å². The number of nitrogens with one attached hydrogen (secondary N) is 1. The van der Waals surface area contributed by atoms with Crippen molar-refractivity contribution in [1.82, 2.24) is 0 Å². The van der Waals surface area contributed by atoms with E-state index in [4.69, 9.17) is 9.47 Å². The van der Waals surface area contributed by atoms with Gasteiger partial charge in [-0.15, -0.1) is 11.8 Å². The number of thioether (sulfide) groups is 1. The van der Waals surface area contributed by atoms with Gasteiger partial charge in [-0.25, -0.2) is 0 Å². The van der Waals surface area contributed by atoms with Crippen molar-refractivity contribution in [3.05, 3.63) is 48.0 Å². The van der Waals surface area contributed by atoms with E-state index in [-0.39, 0.29) is 5.91 Å². The minimum Gasteiger partial charge on any atom is -0.490 e. The third kappa shape index (κ3) is 4.23.